The van der Waals surface area contributed by atoms with Crippen LogP contribution < -0.4 is 0 Å². The molecule has 2 N–H and O–H groups in total. The van der Waals surface area contributed by atoms with Crippen molar-refractivity contribution in [2.24, 2.45) is 0 Å². The zero-order valence-corrected chi connectivity index (χ0v) is 10.9. The maximum Gasteiger partial charge on any atom is 0.154 e. The third kappa shape index (κ3) is 2.62. The van der Waals surface area contributed by atoms with Crippen LogP contribution in [0.15, 0.2) is 24.0 Å². The molecule has 0 radical (unpaired) electrons. The van der Waals surface area contributed by atoms with Crippen molar-refractivity contribution in [3.63, 3.8) is 0 Å². The number of hydrogen-bond acceptors (Lipinski definition) is 4. The van der Waals surface area contributed by atoms with Gasteiger partial charge in [0.25, 0.3) is 0 Å². The molecule has 4 nitrogen and oxygen atoms in total. The molecule has 1 aromatic rings. The van der Waals surface area contributed by atoms with E-state index < -0.39 is 0 Å². The molecule has 2 rings (SSSR count). The standard InChI is InChI=1S/C15H16O4/c1-9-4-3-5-12(19-9)6-11-7-14(17)10(2)15(18)13(11)8-16/h3,5-9,17-18H,4H2,1-2H3/b12-6-/t9-/m0/s1. The van der Waals surface area contributed by atoms with Crippen molar-refractivity contribution in [2.45, 2.75) is 26.4 Å². The van der Waals surface area contributed by atoms with Crippen LogP contribution in [0.25, 0.3) is 6.08 Å². The van der Waals surface area contributed by atoms with Gasteiger partial charge in [0.1, 0.15) is 17.3 Å². The Morgan fingerprint density at radius 1 is 1.42 bits per heavy atom. The third-order valence-corrected chi connectivity index (χ3v) is 3.10. The fourth-order valence-electron chi connectivity index (χ4n) is 1.97. The van der Waals surface area contributed by atoms with Gasteiger partial charge in [-0.2, -0.15) is 0 Å². The predicted molar refractivity (Wildman–Crippen MR) is 72.2 cm³/mol. The molecule has 0 aliphatic carbocycles. The Bertz CT molecular complexity index is 570. The van der Waals surface area contributed by atoms with Crippen LogP contribution in [0.3, 0.4) is 0 Å². The average Bonchev–Trinajstić information content (AvgIpc) is 2.37. The molecule has 1 aliphatic rings. The van der Waals surface area contributed by atoms with Crippen molar-refractivity contribution in [3.05, 3.63) is 40.7 Å². The summed E-state index contributed by atoms with van der Waals surface area (Å²) in [6.07, 6.45) is 6.90. The minimum atomic E-state index is -0.199. The highest BCUT2D eigenvalue weighted by Crippen LogP contribution is 2.33. The van der Waals surface area contributed by atoms with Gasteiger partial charge in [0.2, 0.25) is 0 Å². The zero-order valence-electron chi connectivity index (χ0n) is 10.9. The Hall–Kier alpha value is -2.23. The molecule has 0 fully saturated rings. The summed E-state index contributed by atoms with van der Waals surface area (Å²) in [5.74, 6) is 0.349. The van der Waals surface area contributed by atoms with Crippen LogP contribution in [-0.4, -0.2) is 22.6 Å². The summed E-state index contributed by atoms with van der Waals surface area (Å²) in [6.45, 7) is 3.50. The van der Waals surface area contributed by atoms with E-state index in [-0.39, 0.29) is 28.7 Å². The first kappa shape index (κ1) is 13.2. The molecule has 0 unspecified atom stereocenters. The summed E-state index contributed by atoms with van der Waals surface area (Å²) in [7, 11) is 0. The SMILES string of the molecule is Cc1c(O)cc(/C=C2/C=CC[C@H](C)O2)c(C=O)c1O. The Kier molecular flexibility index (Phi) is 3.60. The van der Waals surface area contributed by atoms with E-state index in [9.17, 15) is 15.0 Å². The number of phenols is 2. The number of carbonyl (C=O) groups is 1. The first-order chi connectivity index (χ1) is 9.02. The maximum absolute atomic E-state index is 11.1. The minimum Gasteiger partial charge on any atom is -0.508 e. The fraction of sp³-hybridized carbons (Fsp3) is 0.267. The number of allylic oxidation sites excluding steroid dienone is 1. The molecule has 0 amide bonds. The lowest BCUT2D eigenvalue weighted by Gasteiger charge is -2.18. The first-order valence-electron chi connectivity index (χ1n) is 6.08. The molecule has 4 heteroatoms. The second kappa shape index (κ2) is 5.18. The molecule has 0 bridgehead atoms. The minimum absolute atomic E-state index is 0.0530. The number of aromatic hydroxyl groups is 2. The molecule has 1 atom stereocenters. The summed E-state index contributed by atoms with van der Waals surface area (Å²) >= 11 is 0. The van der Waals surface area contributed by atoms with Crippen LogP contribution >= 0.6 is 0 Å². The normalized spacial score (nSPS) is 20.3. The van der Waals surface area contributed by atoms with Gasteiger partial charge in [0.15, 0.2) is 6.29 Å². The molecule has 1 aromatic carbocycles. The smallest absolute Gasteiger partial charge is 0.154 e. The van der Waals surface area contributed by atoms with E-state index in [2.05, 4.69) is 0 Å². The monoisotopic (exact) mass is 260 g/mol. The van der Waals surface area contributed by atoms with E-state index in [1.807, 2.05) is 19.1 Å². The van der Waals surface area contributed by atoms with Crippen LogP contribution in [0.1, 0.15) is 34.8 Å². The van der Waals surface area contributed by atoms with Crippen molar-refractivity contribution < 1.29 is 19.7 Å². The van der Waals surface area contributed by atoms with Crippen LogP contribution in [0.2, 0.25) is 0 Å². The predicted octanol–water partition coefficient (Wildman–Crippen LogP) is 2.92. The molecule has 100 valence electrons. The lowest BCUT2D eigenvalue weighted by atomic mass is 10.0. The van der Waals surface area contributed by atoms with Gasteiger partial charge < -0.3 is 14.9 Å². The third-order valence-electron chi connectivity index (χ3n) is 3.10. The Balaban J connectivity index is 2.51. The topological polar surface area (TPSA) is 66.8 Å². The number of rotatable bonds is 2. The van der Waals surface area contributed by atoms with Crippen molar-refractivity contribution in [2.75, 3.05) is 0 Å². The number of carbonyl (C=O) groups excluding carboxylic acids is 1. The van der Waals surface area contributed by atoms with Crippen LogP contribution in [0.5, 0.6) is 11.5 Å². The number of ether oxygens (including phenoxy) is 1. The maximum atomic E-state index is 11.1. The lowest BCUT2D eigenvalue weighted by molar-refractivity contribution is 0.112. The second-order valence-corrected chi connectivity index (χ2v) is 4.60. The Morgan fingerprint density at radius 3 is 2.79 bits per heavy atom. The zero-order chi connectivity index (χ0) is 14.0. The molecule has 1 aliphatic heterocycles. The van der Waals surface area contributed by atoms with Gasteiger partial charge >= 0.3 is 0 Å². The van der Waals surface area contributed by atoms with Crippen LogP contribution in [0.4, 0.5) is 0 Å². The first-order valence-corrected chi connectivity index (χ1v) is 6.08. The molecular formula is C15H16O4. The van der Waals surface area contributed by atoms with Gasteiger partial charge in [-0.15, -0.1) is 0 Å². The van der Waals surface area contributed by atoms with E-state index in [0.29, 0.717) is 17.6 Å². The Morgan fingerprint density at radius 2 is 2.16 bits per heavy atom. The summed E-state index contributed by atoms with van der Waals surface area (Å²) < 4.78 is 5.59. The molecule has 0 spiro atoms. The highest BCUT2D eigenvalue weighted by Gasteiger charge is 2.15. The van der Waals surface area contributed by atoms with E-state index >= 15 is 0 Å². The van der Waals surface area contributed by atoms with Gasteiger partial charge in [-0.25, -0.2) is 0 Å². The van der Waals surface area contributed by atoms with Gasteiger partial charge in [-0.1, -0.05) is 6.08 Å². The number of aldehydes is 1. The fourth-order valence-corrected chi connectivity index (χ4v) is 1.97. The van der Waals surface area contributed by atoms with Crippen molar-refractivity contribution in [1.82, 2.24) is 0 Å². The summed E-state index contributed by atoms with van der Waals surface area (Å²) in [4.78, 5) is 11.1. The summed E-state index contributed by atoms with van der Waals surface area (Å²) in [6, 6.07) is 1.45. The molecular weight excluding hydrogens is 244 g/mol. The van der Waals surface area contributed by atoms with Crippen LogP contribution in [-0.2, 0) is 4.74 Å². The summed E-state index contributed by atoms with van der Waals surface area (Å²) in [5, 5.41) is 19.6. The average molecular weight is 260 g/mol. The van der Waals surface area contributed by atoms with E-state index in [0.717, 1.165) is 6.42 Å². The van der Waals surface area contributed by atoms with Crippen molar-refractivity contribution in [1.29, 1.82) is 0 Å². The lowest BCUT2D eigenvalue weighted by Crippen LogP contribution is -2.09. The highest BCUT2D eigenvalue weighted by molar-refractivity contribution is 5.87. The van der Waals surface area contributed by atoms with Gasteiger partial charge in [-0.3, -0.25) is 4.79 Å². The largest absolute Gasteiger partial charge is 0.508 e. The molecule has 0 saturated heterocycles. The summed E-state index contributed by atoms with van der Waals surface area (Å²) in [5.41, 5.74) is 0.875. The molecule has 1 heterocycles. The molecule has 0 saturated carbocycles. The van der Waals surface area contributed by atoms with E-state index in [1.165, 1.54) is 6.07 Å². The van der Waals surface area contributed by atoms with Gasteiger partial charge in [0.05, 0.1) is 11.7 Å². The second-order valence-electron chi connectivity index (χ2n) is 4.60. The quantitative estimate of drug-likeness (QED) is 0.802. The Labute approximate surface area is 111 Å². The van der Waals surface area contributed by atoms with E-state index in [4.69, 9.17) is 4.74 Å². The van der Waals surface area contributed by atoms with Crippen molar-refractivity contribution >= 4 is 12.4 Å². The van der Waals surface area contributed by atoms with Crippen LogP contribution in [0, 0.1) is 6.92 Å². The number of benzene rings is 1. The number of hydrogen-bond donors (Lipinski definition) is 2. The number of phenolic OH excluding ortho intramolecular Hbond substituents is 2. The van der Waals surface area contributed by atoms with Gasteiger partial charge in [-0.05, 0) is 37.6 Å². The molecule has 0 aromatic heterocycles. The van der Waals surface area contributed by atoms with Gasteiger partial charge in [0, 0.05) is 12.0 Å². The van der Waals surface area contributed by atoms with E-state index in [1.54, 1.807) is 13.0 Å². The highest BCUT2D eigenvalue weighted by atomic mass is 16.5. The van der Waals surface area contributed by atoms with Crippen molar-refractivity contribution in [3.8, 4) is 11.5 Å². The molecule has 19 heavy (non-hydrogen) atoms.